The molecule has 0 aromatic carbocycles. The highest BCUT2D eigenvalue weighted by Gasteiger charge is 2.03. The quantitative estimate of drug-likeness (QED) is 0.609. The van der Waals surface area contributed by atoms with E-state index in [1.165, 1.54) is 0 Å². The number of aromatic nitrogens is 2. The Morgan fingerprint density at radius 1 is 1.67 bits per heavy atom. The third-order valence-electron chi connectivity index (χ3n) is 0.987. The molecule has 1 amide bonds. The molecule has 0 bridgehead atoms. The van der Waals surface area contributed by atoms with E-state index in [9.17, 15) is 4.79 Å². The lowest BCUT2D eigenvalue weighted by Crippen LogP contribution is -2.08. The first-order valence-corrected chi connectivity index (χ1v) is 3.26. The monoisotopic (exact) mass is 165 g/mol. The zero-order valence-electron chi connectivity index (χ0n) is 6.71. The smallest absolute Gasteiger partial charge is 0.315 e. The van der Waals surface area contributed by atoms with Crippen molar-refractivity contribution in [3.8, 4) is 11.8 Å². The number of aryl methyl sites for hydroxylation is 1. The van der Waals surface area contributed by atoms with Gasteiger partial charge < -0.3 is 4.52 Å². The highest BCUT2D eigenvalue weighted by atomic mass is 16.5. The van der Waals surface area contributed by atoms with Gasteiger partial charge in [-0.15, -0.1) is 0 Å². The molecule has 1 N–H and O–H groups in total. The first-order valence-electron chi connectivity index (χ1n) is 3.26. The fourth-order valence-electron chi connectivity index (χ4n) is 0.590. The summed E-state index contributed by atoms with van der Waals surface area (Å²) in [5.74, 6) is 4.73. The lowest BCUT2D eigenvalue weighted by molar-refractivity contribution is -0.111. The normalized spacial score (nSPS) is 8.50. The molecule has 5 heteroatoms. The van der Waals surface area contributed by atoms with E-state index in [2.05, 4.69) is 31.8 Å². The molecule has 0 radical (unpaired) electrons. The van der Waals surface area contributed by atoms with Gasteiger partial charge in [-0.2, -0.15) is 4.98 Å². The van der Waals surface area contributed by atoms with Gasteiger partial charge in [0.25, 0.3) is 0 Å². The van der Waals surface area contributed by atoms with Crippen LogP contribution < -0.4 is 5.32 Å². The van der Waals surface area contributed by atoms with Crippen molar-refractivity contribution in [2.45, 2.75) is 13.8 Å². The van der Waals surface area contributed by atoms with Crippen molar-refractivity contribution in [3.63, 3.8) is 0 Å². The molecule has 1 aromatic rings. The van der Waals surface area contributed by atoms with E-state index in [1.54, 1.807) is 13.8 Å². The topological polar surface area (TPSA) is 68.0 Å². The van der Waals surface area contributed by atoms with E-state index in [1.807, 2.05) is 0 Å². The molecule has 0 aliphatic rings. The van der Waals surface area contributed by atoms with Crippen LogP contribution in [0.15, 0.2) is 4.52 Å². The lowest BCUT2D eigenvalue weighted by Gasteiger charge is -1.88. The number of carbonyl (C=O) groups is 1. The summed E-state index contributed by atoms with van der Waals surface area (Å²) in [6.45, 7) is 3.23. The molecule has 0 spiro atoms. The Morgan fingerprint density at radius 3 is 2.92 bits per heavy atom. The van der Waals surface area contributed by atoms with Crippen molar-refractivity contribution in [2.24, 2.45) is 0 Å². The first-order chi connectivity index (χ1) is 5.72. The van der Waals surface area contributed by atoms with Crippen LogP contribution in [-0.4, -0.2) is 16.0 Å². The zero-order chi connectivity index (χ0) is 8.97. The predicted molar refractivity (Wildman–Crippen MR) is 41.1 cm³/mol. The molecule has 0 saturated heterocycles. The number of hydrogen-bond donors (Lipinski definition) is 1. The number of nitrogens with one attached hydrogen (secondary N) is 1. The molecule has 0 saturated carbocycles. The molecule has 12 heavy (non-hydrogen) atoms. The molecular weight excluding hydrogens is 158 g/mol. The summed E-state index contributed by atoms with van der Waals surface area (Å²) in [5, 5.41) is 5.79. The van der Waals surface area contributed by atoms with E-state index < -0.39 is 5.91 Å². The van der Waals surface area contributed by atoms with Gasteiger partial charge in [0.1, 0.15) is 0 Å². The molecule has 0 aliphatic carbocycles. The van der Waals surface area contributed by atoms with Gasteiger partial charge in [0.2, 0.25) is 0 Å². The molecule has 62 valence electrons. The standard InChI is InChI=1S/C7H7N3O2/c1-3-4-6(11)9-7-8-5(2)10-12-7/h1-2H3,(H,8,9,10,11). The highest BCUT2D eigenvalue weighted by molar-refractivity contribution is 6.02. The second-order valence-electron chi connectivity index (χ2n) is 1.98. The summed E-state index contributed by atoms with van der Waals surface area (Å²) >= 11 is 0. The minimum Gasteiger partial charge on any atom is -0.315 e. The van der Waals surface area contributed by atoms with E-state index in [4.69, 9.17) is 0 Å². The molecule has 0 unspecified atom stereocenters. The van der Waals surface area contributed by atoms with Crippen molar-refractivity contribution in [1.29, 1.82) is 0 Å². The van der Waals surface area contributed by atoms with Gasteiger partial charge >= 0.3 is 11.9 Å². The summed E-state index contributed by atoms with van der Waals surface area (Å²) in [7, 11) is 0. The van der Waals surface area contributed by atoms with Crippen LogP contribution in [0.2, 0.25) is 0 Å². The second-order valence-corrected chi connectivity index (χ2v) is 1.98. The summed E-state index contributed by atoms with van der Waals surface area (Å²) < 4.78 is 4.62. The summed E-state index contributed by atoms with van der Waals surface area (Å²) in [4.78, 5) is 14.6. The van der Waals surface area contributed by atoms with Crippen LogP contribution in [0.25, 0.3) is 0 Å². The second kappa shape index (κ2) is 3.53. The van der Waals surface area contributed by atoms with Crippen LogP contribution >= 0.6 is 0 Å². The Labute approximate surface area is 69.2 Å². The molecule has 1 aromatic heterocycles. The van der Waals surface area contributed by atoms with Crippen molar-refractivity contribution in [1.82, 2.24) is 10.1 Å². The summed E-state index contributed by atoms with van der Waals surface area (Å²) in [5.41, 5.74) is 0. The molecule has 5 nitrogen and oxygen atoms in total. The van der Waals surface area contributed by atoms with Crippen molar-refractivity contribution < 1.29 is 9.32 Å². The maximum atomic E-state index is 10.8. The molecular formula is C7H7N3O2. The molecule has 1 rings (SSSR count). The summed E-state index contributed by atoms with van der Waals surface area (Å²) in [6, 6.07) is 0.0697. The van der Waals surface area contributed by atoms with Gasteiger partial charge in [0.05, 0.1) is 0 Å². The van der Waals surface area contributed by atoms with Gasteiger partial charge in [-0.05, 0) is 19.8 Å². The number of hydrogen-bond acceptors (Lipinski definition) is 4. The van der Waals surface area contributed by atoms with Crippen molar-refractivity contribution in [3.05, 3.63) is 5.82 Å². The van der Waals surface area contributed by atoms with Crippen LogP contribution in [0.1, 0.15) is 12.7 Å². The van der Waals surface area contributed by atoms with E-state index in [-0.39, 0.29) is 6.01 Å². The van der Waals surface area contributed by atoms with Gasteiger partial charge in [-0.3, -0.25) is 10.1 Å². The molecule has 0 atom stereocenters. The predicted octanol–water partition coefficient (Wildman–Crippen LogP) is 0.340. The highest BCUT2D eigenvalue weighted by Crippen LogP contribution is 2.00. The van der Waals surface area contributed by atoms with E-state index in [0.717, 1.165) is 0 Å². The minimum absolute atomic E-state index is 0.0697. The van der Waals surface area contributed by atoms with Gasteiger partial charge in [-0.25, -0.2) is 0 Å². The van der Waals surface area contributed by atoms with Crippen LogP contribution in [0, 0.1) is 18.8 Å². The first kappa shape index (κ1) is 8.27. The van der Waals surface area contributed by atoms with E-state index in [0.29, 0.717) is 5.82 Å². The molecule has 0 aliphatic heterocycles. The number of amides is 1. The molecule has 0 fully saturated rings. The maximum absolute atomic E-state index is 10.8. The Bertz CT molecular complexity index is 345. The maximum Gasteiger partial charge on any atom is 0.328 e. The van der Waals surface area contributed by atoms with Crippen LogP contribution in [0.3, 0.4) is 0 Å². The average Bonchev–Trinajstić information content (AvgIpc) is 2.36. The SMILES string of the molecule is CC#CC(=O)Nc1nc(C)no1. The van der Waals surface area contributed by atoms with Gasteiger partial charge in [0.15, 0.2) is 5.82 Å². The van der Waals surface area contributed by atoms with Crippen LogP contribution in [0.5, 0.6) is 0 Å². The van der Waals surface area contributed by atoms with Gasteiger partial charge in [-0.1, -0.05) is 11.1 Å². The minimum atomic E-state index is -0.457. The third-order valence-corrected chi connectivity index (χ3v) is 0.987. The number of rotatable bonds is 1. The Morgan fingerprint density at radius 2 is 2.42 bits per heavy atom. The van der Waals surface area contributed by atoms with Crippen molar-refractivity contribution in [2.75, 3.05) is 5.32 Å². The fourth-order valence-corrected chi connectivity index (χ4v) is 0.590. The fraction of sp³-hybridized carbons (Fsp3) is 0.286. The number of nitrogens with zero attached hydrogens (tertiary/aromatic N) is 2. The van der Waals surface area contributed by atoms with Gasteiger partial charge in [0, 0.05) is 0 Å². The lowest BCUT2D eigenvalue weighted by atomic mass is 10.6. The summed E-state index contributed by atoms with van der Waals surface area (Å²) in [6.07, 6.45) is 0. The average molecular weight is 165 g/mol. The third kappa shape index (κ3) is 2.09. The van der Waals surface area contributed by atoms with Crippen LogP contribution in [0.4, 0.5) is 6.01 Å². The van der Waals surface area contributed by atoms with E-state index >= 15 is 0 Å². The number of anilines is 1. The Balaban J connectivity index is 2.62. The number of carbonyl (C=O) groups excluding carboxylic acids is 1. The van der Waals surface area contributed by atoms with Crippen molar-refractivity contribution >= 4 is 11.9 Å². The zero-order valence-corrected chi connectivity index (χ0v) is 6.71. The molecule has 1 heterocycles. The Hall–Kier alpha value is -1.83. The van der Waals surface area contributed by atoms with Crippen LogP contribution in [-0.2, 0) is 4.79 Å². The largest absolute Gasteiger partial charge is 0.328 e. The Kier molecular flexibility index (Phi) is 2.43.